The number of anilines is 2. The Morgan fingerprint density at radius 2 is 2.21 bits per heavy atom. The second-order valence-corrected chi connectivity index (χ2v) is 3.74. The predicted octanol–water partition coefficient (Wildman–Crippen LogP) is 1.18. The van der Waals surface area contributed by atoms with Crippen LogP contribution in [0.15, 0.2) is 36.8 Å². The summed E-state index contributed by atoms with van der Waals surface area (Å²) in [7, 11) is 1.54. The number of nitrogens with two attached hydrogens (primary N) is 1. The van der Waals surface area contributed by atoms with E-state index in [2.05, 4.69) is 15.4 Å². The van der Waals surface area contributed by atoms with E-state index in [0.717, 1.165) is 0 Å². The number of rotatable bonds is 3. The van der Waals surface area contributed by atoms with Crippen LogP contribution in [0.5, 0.6) is 0 Å². The molecule has 2 heterocycles. The zero-order valence-corrected chi connectivity index (χ0v) is 10.2. The number of hydrogen-bond acceptors (Lipinski definition) is 5. The molecule has 6 nitrogen and oxygen atoms in total. The number of nitrogens with one attached hydrogen (secondary N) is 1. The number of carbonyl (C=O) groups is 1. The van der Waals surface area contributed by atoms with Gasteiger partial charge in [-0.05, 0) is 18.2 Å². The molecule has 1 amide bonds. The fourth-order valence-corrected chi connectivity index (χ4v) is 1.56. The minimum absolute atomic E-state index is 0.116. The summed E-state index contributed by atoms with van der Waals surface area (Å²) in [6, 6.07) is 4.69. The van der Waals surface area contributed by atoms with Crippen molar-refractivity contribution in [3.05, 3.63) is 48.2 Å². The van der Waals surface area contributed by atoms with Gasteiger partial charge in [0.1, 0.15) is 0 Å². The summed E-state index contributed by atoms with van der Waals surface area (Å²) in [6.45, 7) is 0. The molecule has 2 aromatic heterocycles. The van der Waals surface area contributed by atoms with E-state index in [1.54, 1.807) is 18.3 Å². The van der Waals surface area contributed by atoms with Gasteiger partial charge < -0.3 is 10.3 Å². The van der Waals surface area contributed by atoms with Gasteiger partial charge >= 0.3 is 0 Å². The van der Waals surface area contributed by atoms with Crippen LogP contribution in [0.2, 0.25) is 0 Å². The summed E-state index contributed by atoms with van der Waals surface area (Å²) < 4.78 is 13.9. The first kappa shape index (κ1) is 12.9. The quantitative estimate of drug-likeness (QED) is 0.640. The Labute approximate surface area is 109 Å². The van der Waals surface area contributed by atoms with Crippen molar-refractivity contribution in [3.8, 4) is 0 Å². The molecule has 0 aliphatic heterocycles. The van der Waals surface area contributed by atoms with E-state index in [9.17, 15) is 9.18 Å². The molecule has 2 aromatic rings. The molecular weight excluding hydrogens is 249 g/mol. The largest absolute Gasteiger partial charge is 0.310 e. The SMILES string of the molecule is CN(C(=O)c1ccnc(NN)c1F)c1cccnc1. The molecule has 2 rings (SSSR count). The van der Waals surface area contributed by atoms with Crippen LogP contribution in [0.25, 0.3) is 0 Å². The number of hydrazine groups is 1. The monoisotopic (exact) mass is 261 g/mol. The van der Waals surface area contributed by atoms with E-state index < -0.39 is 11.7 Å². The number of hydrogen-bond donors (Lipinski definition) is 2. The molecule has 98 valence electrons. The molecule has 0 saturated carbocycles. The lowest BCUT2D eigenvalue weighted by molar-refractivity contribution is 0.0989. The zero-order valence-electron chi connectivity index (χ0n) is 10.2. The van der Waals surface area contributed by atoms with E-state index in [1.165, 1.54) is 30.4 Å². The van der Waals surface area contributed by atoms with E-state index in [4.69, 9.17) is 5.84 Å². The Balaban J connectivity index is 2.35. The normalized spacial score (nSPS) is 10.1. The molecule has 0 aromatic carbocycles. The number of nitrogens with zero attached hydrogens (tertiary/aromatic N) is 3. The fourth-order valence-electron chi connectivity index (χ4n) is 1.56. The van der Waals surface area contributed by atoms with Gasteiger partial charge in [-0.15, -0.1) is 0 Å². The number of nitrogen functional groups attached to an aromatic ring is 1. The molecule has 19 heavy (non-hydrogen) atoms. The molecule has 0 bridgehead atoms. The smallest absolute Gasteiger partial charge is 0.261 e. The van der Waals surface area contributed by atoms with Crippen LogP contribution in [0.1, 0.15) is 10.4 Å². The average Bonchev–Trinajstić information content (AvgIpc) is 2.47. The molecular formula is C12H12FN5O. The van der Waals surface area contributed by atoms with Gasteiger partial charge in [0.05, 0.1) is 17.4 Å². The van der Waals surface area contributed by atoms with Crippen molar-refractivity contribution in [1.82, 2.24) is 9.97 Å². The highest BCUT2D eigenvalue weighted by Gasteiger charge is 2.20. The molecule has 0 aliphatic carbocycles. The molecule has 0 atom stereocenters. The van der Waals surface area contributed by atoms with Crippen LogP contribution in [0, 0.1) is 5.82 Å². The summed E-state index contributed by atoms with van der Waals surface area (Å²) in [5.41, 5.74) is 2.54. The van der Waals surface area contributed by atoms with Gasteiger partial charge in [0.15, 0.2) is 11.6 Å². The number of halogens is 1. The molecule has 7 heteroatoms. The molecule has 0 spiro atoms. The van der Waals surface area contributed by atoms with E-state index in [0.29, 0.717) is 5.69 Å². The summed E-state index contributed by atoms with van der Waals surface area (Å²) in [6.07, 6.45) is 4.41. The molecule has 3 N–H and O–H groups in total. The van der Waals surface area contributed by atoms with Gasteiger partial charge in [0.25, 0.3) is 5.91 Å². The third-order valence-electron chi connectivity index (χ3n) is 2.59. The summed E-state index contributed by atoms with van der Waals surface area (Å²) in [5, 5.41) is 0. The third kappa shape index (κ3) is 2.50. The number of aromatic nitrogens is 2. The lowest BCUT2D eigenvalue weighted by Gasteiger charge is -2.17. The van der Waals surface area contributed by atoms with Gasteiger partial charge in [0.2, 0.25) is 0 Å². The molecule has 0 unspecified atom stereocenters. The highest BCUT2D eigenvalue weighted by Crippen LogP contribution is 2.18. The topological polar surface area (TPSA) is 84.1 Å². The summed E-state index contributed by atoms with van der Waals surface area (Å²) >= 11 is 0. The molecule has 0 fully saturated rings. The van der Waals surface area contributed by atoms with Crippen molar-refractivity contribution in [1.29, 1.82) is 0 Å². The van der Waals surface area contributed by atoms with Crippen LogP contribution in [-0.2, 0) is 0 Å². The Bertz CT molecular complexity index is 590. The number of carbonyl (C=O) groups excluding carboxylic acids is 1. The Kier molecular flexibility index (Phi) is 3.67. The van der Waals surface area contributed by atoms with Crippen molar-refractivity contribution in [2.75, 3.05) is 17.4 Å². The zero-order chi connectivity index (χ0) is 13.8. The lowest BCUT2D eigenvalue weighted by Crippen LogP contribution is -2.27. The van der Waals surface area contributed by atoms with Crippen LogP contribution < -0.4 is 16.2 Å². The van der Waals surface area contributed by atoms with Crippen molar-refractivity contribution in [2.45, 2.75) is 0 Å². The lowest BCUT2D eigenvalue weighted by atomic mass is 10.2. The van der Waals surface area contributed by atoms with Crippen LogP contribution >= 0.6 is 0 Å². The standard InChI is InChI=1S/C12H12FN5O/c1-18(8-3-2-5-15-7-8)12(19)9-4-6-16-11(17-14)10(9)13/h2-7H,14H2,1H3,(H,16,17). The summed E-state index contributed by atoms with van der Waals surface area (Å²) in [5.74, 6) is 3.65. The van der Waals surface area contributed by atoms with Gasteiger partial charge in [-0.25, -0.2) is 15.2 Å². The highest BCUT2D eigenvalue weighted by atomic mass is 19.1. The maximum atomic E-state index is 13.9. The summed E-state index contributed by atoms with van der Waals surface area (Å²) in [4.78, 5) is 21.1. The van der Waals surface area contributed by atoms with Crippen molar-refractivity contribution in [3.63, 3.8) is 0 Å². The molecule has 0 aliphatic rings. The van der Waals surface area contributed by atoms with E-state index in [-0.39, 0.29) is 11.4 Å². The van der Waals surface area contributed by atoms with Crippen LogP contribution in [0.3, 0.4) is 0 Å². The molecule has 0 saturated heterocycles. The van der Waals surface area contributed by atoms with Crippen LogP contribution in [0.4, 0.5) is 15.9 Å². The Morgan fingerprint density at radius 3 is 2.84 bits per heavy atom. The van der Waals surface area contributed by atoms with Crippen molar-refractivity contribution >= 4 is 17.4 Å². The van der Waals surface area contributed by atoms with Crippen molar-refractivity contribution in [2.24, 2.45) is 5.84 Å². The fraction of sp³-hybridized carbons (Fsp3) is 0.0833. The first-order chi connectivity index (χ1) is 9.15. The highest BCUT2D eigenvalue weighted by molar-refractivity contribution is 6.06. The van der Waals surface area contributed by atoms with Crippen molar-refractivity contribution < 1.29 is 9.18 Å². The average molecular weight is 261 g/mol. The molecule has 0 radical (unpaired) electrons. The minimum atomic E-state index is -0.786. The minimum Gasteiger partial charge on any atom is -0.310 e. The van der Waals surface area contributed by atoms with Gasteiger partial charge in [-0.3, -0.25) is 9.78 Å². The Hall–Kier alpha value is -2.54. The first-order valence-electron chi connectivity index (χ1n) is 5.44. The third-order valence-corrected chi connectivity index (χ3v) is 2.59. The second-order valence-electron chi connectivity index (χ2n) is 3.74. The number of pyridine rings is 2. The van der Waals surface area contributed by atoms with Gasteiger partial charge in [-0.2, -0.15) is 0 Å². The predicted molar refractivity (Wildman–Crippen MR) is 69.0 cm³/mol. The maximum absolute atomic E-state index is 13.9. The first-order valence-corrected chi connectivity index (χ1v) is 5.44. The van der Waals surface area contributed by atoms with E-state index >= 15 is 0 Å². The van der Waals surface area contributed by atoms with E-state index in [1.807, 2.05) is 0 Å². The van der Waals surface area contributed by atoms with Gasteiger partial charge in [0, 0.05) is 19.4 Å². The number of amides is 1. The van der Waals surface area contributed by atoms with Gasteiger partial charge in [-0.1, -0.05) is 0 Å². The maximum Gasteiger partial charge on any atom is 0.261 e. The van der Waals surface area contributed by atoms with Crippen LogP contribution in [-0.4, -0.2) is 22.9 Å². The second kappa shape index (κ2) is 5.40. The Morgan fingerprint density at radius 1 is 1.42 bits per heavy atom.